The van der Waals surface area contributed by atoms with Gasteiger partial charge in [-0.1, -0.05) is 18.2 Å². The van der Waals surface area contributed by atoms with Gasteiger partial charge in [0.15, 0.2) is 0 Å². The third-order valence-electron chi connectivity index (χ3n) is 5.51. The van der Waals surface area contributed by atoms with Crippen LogP contribution < -0.4 is 10.6 Å². The normalized spacial score (nSPS) is 17.3. The first-order valence-corrected chi connectivity index (χ1v) is 10.9. The summed E-state index contributed by atoms with van der Waals surface area (Å²) in [6.07, 6.45) is 4.35. The Balaban J connectivity index is 1.17. The number of carbonyl (C=O) groups is 2. The monoisotopic (exact) mass is 428 g/mol. The molecule has 2 amide bonds. The molecule has 6 nitrogen and oxygen atoms in total. The lowest BCUT2D eigenvalue weighted by atomic mass is 10.1. The van der Waals surface area contributed by atoms with Gasteiger partial charge in [-0.2, -0.15) is 4.37 Å². The fourth-order valence-electron chi connectivity index (χ4n) is 3.68. The van der Waals surface area contributed by atoms with Crippen LogP contribution in [-0.2, 0) is 11.3 Å². The number of nitrogens with one attached hydrogen (secondary N) is 2. The van der Waals surface area contributed by atoms with Crippen LogP contribution in [0.5, 0.6) is 0 Å². The van der Waals surface area contributed by atoms with Gasteiger partial charge in [0.1, 0.15) is 0 Å². The maximum Gasteiger partial charge on any atom is 0.251 e. The third-order valence-corrected chi connectivity index (χ3v) is 6.27. The quantitative estimate of drug-likeness (QED) is 0.478. The van der Waals surface area contributed by atoms with Gasteiger partial charge in [0.05, 0.1) is 16.9 Å². The highest BCUT2D eigenvalue weighted by Gasteiger charge is 2.43. The average Bonchev–Trinajstić information content (AvgIpc) is 3.48. The summed E-state index contributed by atoms with van der Waals surface area (Å²) < 4.78 is 5.22. The summed E-state index contributed by atoms with van der Waals surface area (Å²) in [6.45, 7) is 0.389. The highest BCUT2D eigenvalue weighted by atomic mass is 32.1. The Kier molecular flexibility index (Phi) is 5.18. The van der Waals surface area contributed by atoms with Crippen molar-refractivity contribution in [2.45, 2.75) is 18.9 Å². The van der Waals surface area contributed by atoms with Crippen LogP contribution in [0.3, 0.4) is 0 Å². The Bertz CT molecular complexity index is 1240. The second kappa shape index (κ2) is 8.28. The van der Waals surface area contributed by atoms with E-state index >= 15 is 0 Å². The second-order valence-electron chi connectivity index (χ2n) is 7.64. The first-order chi connectivity index (χ1) is 15.2. The summed E-state index contributed by atoms with van der Waals surface area (Å²) in [6, 6.07) is 19.0. The van der Waals surface area contributed by atoms with E-state index in [9.17, 15) is 9.59 Å². The highest BCUT2D eigenvalue weighted by Crippen LogP contribution is 2.48. The molecule has 154 valence electrons. The van der Waals surface area contributed by atoms with E-state index in [-0.39, 0.29) is 23.7 Å². The lowest BCUT2D eigenvalue weighted by Gasteiger charge is -2.07. The van der Waals surface area contributed by atoms with Gasteiger partial charge in [-0.3, -0.25) is 14.6 Å². The highest BCUT2D eigenvalue weighted by molar-refractivity contribution is 7.13. The molecule has 31 heavy (non-hydrogen) atoms. The molecule has 1 saturated carbocycles. The number of aromatic nitrogens is 2. The molecule has 2 heterocycles. The van der Waals surface area contributed by atoms with Crippen LogP contribution in [0.2, 0.25) is 0 Å². The summed E-state index contributed by atoms with van der Waals surface area (Å²) in [5.41, 5.74) is 3.29. The van der Waals surface area contributed by atoms with Crippen LogP contribution in [0.15, 0.2) is 73.1 Å². The largest absolute Gasteiger partial charge is 0.346 e. The Morgan fingerprint density at radius 3 is 2.74 bits per heavy atom. The molecule has 1 aliphatic rings. The number of hydrogen-bond donors (Lipinski definition) is 2. The Labute approximate surface area is 183 Å². The number of benzene rings is 2. The van der Waals surface area contributed by atoms with Crippen LogP contribution in [0.1, 0.15) is 34.0 Å². The summed E-state index contributed by atoms with van der Waals surface area (Å²) in [4.78, 5) is 29.2. The van der Waals surface area contributed by atoms with Crippen LogP contribution in [0, 0.1) is 5.92 Å². The molecular weight excluding hydrogens is 408 g/mol. The standard InChI is InChI=1S/C24H20N4O2S/c29-23(26-14-19-3-1-2-10-25-19)16-6-4-15(5-7-16)20-12-21(20)24(30)28-18-9-8-17-13-27-31-22(17)11-18/h1-11,13,20-21H,12,14H2,(H,26,29)(H,28,30)/t20?,21-/m0/s1. The predicted molar refractivity (Wildman–Crippen MR) is 121 cm³/mol. The van der Waals surface area contributed by atoms with E-state index in [1.807, 2.05) is 66.9 Å². The van der Waals surface area contributed by atoms with Crippen molar-refractivity contribution in [1.29, 1.82) is 0 Å². The van der Waals surface area contributed by atoms with Crippen molar-refractivity contribution in [2.24, 2.45) is 5.92 Å². The molecule has 2 aromatic carbocycles. The summed E-state index contributed by atoms with van der Waals surface area (Å²) >= 11 is 1.42. The lowest BCUT2D eigenvalue weighted by molar-refractivity contribution is -0.117. The minimum atomic E-state index is -0.138. The molecule has 1 aliphatic carbocycles. The van der Waals surface area contributed by atoms with E-state index in [1.54, 1.807) is 6.20 Å². The van der Waals surface area contributed by atoms with Gasteiger partial charge in [0.2, 0.25) is 5.91 Å². The van der Waals surface area contributed by atoms with Gasteiger partial charge in [-0.05, 0) is 71.9 Å². The minimum Gasteiger partial charge on any atom is -0.346 e. The number of nitrogens with zero attached hydrogens (tertiary/aromatic N) is 2. The molecule has 0 saturated heterocycles. The first kappa shape index (κ1) is 19.4. The summed E-state index contributed by atoms with van der Waals surface area (Å²) in [5.74, 6) is 0.0468. The van der Waals surface area contributed by atoms with E-state index < -0.39 is 0 Å². The molecule has 0 radical (unpaired) electrons. The second-order valence-corrected chi connectivity index (χ2v) is 8.48. The van der Waals surface area contributed by atoms with Gasteiger partial charge in [-0.25, -0.2) is 0 Å². The summed E-state index contributed by atoms with van der Waals surface area (Å²) in [7, 11) is 0. The number of hydrogen-bond acceptors (Lipinski definition) is 5. The number of anilines is 1. The number of fused-ring (bicyclic) bond motifs is 1. The van der Waals surface area contributed by atoms with E-state index in [0.29, 0.717) is 12.1 Å². The molecule has 7 heteroatoms. The predicted octanol–water partition coefficient (Wildman–Crippen LogP) is 4.36. The van der Waals surface area contributed by atoms with Gasteiger partial charge in [-0.15, -0.1) is 0 Å². The van der Waals surface area contributed by atoms with E-state index in [4.69, 9.17) is 0 Å². The minimum absolute atomic E-state index is 0.0334. The SMILES string of the molecule is O=C(NCc1ccccn1)c1ccc(C2C[C@@H]2C(=O)Nc2ccc3cnsc3c2)cc1. The molecule has 0 aliphatic heterocycles. The van der Waals surface area contributed by atoms with Crippen LogP contribution in [0.25, 0.3) is 10.1 Å². The molecule has 0 bridgehead atoms. The zero-order valence-corrected chi connectivity index (χ0v) is 17.4. The molecule has 5 rings (SSSR count). The molecule has 2 N–H and O–H groups in total. The summed E-state index contributed by atoms with van der Waals surface area (Å²) in [5, 5.41) is 6.97. The smallest absolute Gasteiger partial charge is 0.251 e. The average molecular weight is 429 g/mol. The molecule has 1 unspecified atom stereocenters. The molecule has 1 fully saturated rings. The number of carbonyl (C=O) groups excluding carboxylic acids is 2. The molecule has 2 atom stereocenters. The number of pyridine rings is 1. The van der Waals surface area contributed by atoms with E-state index in [1.165, 1.54) is 11.5 Å². The van der Waals surface area contributed by atoms with Crippen molar-refractivity contribution >= 4 is 39.1 Å². The number of amides is 2. The molecular formula is C24H20N4O2S. The van der Waals surface area contributed by atoms with E-state index in [0.717, 1.165) is 33.5 Å². The van der Waals surface area contributed by atoms with Crippen molar-refractivity contribution < 1.29 is 9.59 Å². The van der Waals surface area contributed by atoms with Gasteiger partial charge in [0, 0.05) is 34.9 Å². The Morgan fingerprint density at radius 1 is 1.06 bits per heavy atom. The van der Waals surface area contributed by atoms with Crippen molar-refractivity contribution in [3.05, 3.63) is 89.9 Å². The fraction of sp³-hybridized carbons (Fsp3) is 0.167. The van der Waals surface area contributed by atoms with Crippen molar-refractivity contribution in [3.8, 4) is 0 Å². The molecule has 2 aromatic heterocycles. The van der Waals surface area contributed by atoms with Gasteiger partial charge in [0.25, 0.3) is 5.91 Å². The molecule has 4 aromatic rings. The van der Waals surface area contributed by atoms with E-state index in [2.05, 4.69) is 20.0 Å². The van der Waals surface area contributed by atoms with Crippen LogP contribution in [-0.4, -0.2) is 21.2 Å². The maximum atomic E-state index is 12.6. The molecule has 0 spiro atoms. The Hall–Kier alpha value is -3.58. The van der Waals surface area contributed by atoms with Crippen LogP contribution >= 0.6 is 11.5 Å². The lowest BCUT2D eigenvalue weighted by Crippen LogP contribution is -2.23. The van der Waals surface area contributed by atoms with Gasteiger partial charge < -0.3 is 10.6 Å². The zero-order chi connectivity index (χ0) is 21.2. The van der Waals surface area contributed by atoms with Crippen LogP contribution in [0.4, 0.5) is 5.69 Å². The maximum absolute atomic E-state index is 12.6. The topological polar surface area (TPSA) is 84.0 Å². The number of rotatable bonds is 6. The van der Waals surface area contributed by atoms with Crippen molar-refractivity contribution in [3.63, 3.8) is 0 Å². The van der Waals surface area contributed by atoms with Gasteiger partial charge >= 0.3 is 0 Å². The Morgan fingerprint density at radius 2 is 1.94 bits per heavy atom. The van der Waals surface area contributed by atoms with Crippen molar-refractivity contribution in [1.82, 2.24) is 14.7 Å². The third kappa shape index (κ3) is 4.32. The van der Waals surface area contributed by atoms with Crippen molar-refractivity contribution in [2.75, 3.05) is 5.32 Å². The fourth-order valence-corrected chi connectivity index (χ4v) is 4.37. The zero-order valence-electron chi connectivity index (χ0n) is 16.6. The first-order valence-electron chi connectivity index (χ1n) is 10.1.